The van der Waals surface area contributed by atoms with Crippen molar-refractivity contribution in [2.75, 3.05) is 11.9 Å². The van der Waals surface area contributed by atoms with Gasteiger partial charge in [-0.15, -0.1) is 0 Å². The largest absolute Gasteiger partial charge is 0.351 e. The molecule has 4 aromatic rings. The van der Waals surface area contributed by atoms with Crippen LogP contribution >= 0.6 is 0 Å². The zero-order chi connectivity index (χ0) is 22.5. The second kappa shape index (κ2) is 7.81. The molecule has 2 bridgehead atoms. The Morgan fingerprint density at radius 1 is 1.00 bits per heavy atom. The molecule has 3 atom stereocenters. The van der Waals surface area contributed by atoms with Gasteiger partial charge >= 0.3 is 0 Å². The molecule has 33 heavy (non-hydrogen) atoms. The molecule has 0 aliphatic carbocycles. The summed E-state index contributed by atoms with van der Waals surface area (Å²) in [5.41, 5.74) is 12.5. The van der Waals surface area contributed by atoms with E-state index in [4.69, 9.17) is 10.7 Å². The first-order valence-corrected chi connectivity index (χ1v) is 11.5. The highest BCUT2D eigenvalue weighted by Crippen LogP contribution is 2.39. The van der Waals surface area contributed by atoms with Crippen molar-refractivity contribution in [2.45, 2.75) is 43.8 Å². The molecule has 4 aromatic heterocycles. The van der Waals surface area contributed by atoms with E-state index in [9.17, 15) is 0 Å². The predicted molar refractivity (Wildman–Crippen MR) is 131 cm³/mol. The number of nitrogens with zero attached hydrogens (tertiary/aromatic N) is 7. The Kier molecular flexibility index (Phi) is 4.76. The van der Waals surface area contributed by atoms with Gasteiger partial charge in [0.2, 0.25) is 0 Å². The third kappa shape index (κ3) is 3.41. The van der Waals surface area contributed by atoms with Crippen molar-refractivity contribution in [1.29, 1.82) is 0 Å². The molecule has 2 saturated heterocycles. The molecular formula is C25H28N8. The molecule has 0 spiro atoms. The number of nitrogens with two attached hydrogens (primary N) is 1. The minimum absolute atomic E-state index is 0.321. The number of hydrogen-bond donors (Lipinski definition) is 1. The molecule has 0 amide bonds. The van der Waals surface area contributed by atoms with Crippen LogP contribution in [0, 0.1) is 0 Å². The normalized spacial score (nSPS) is 22.6. The maximum absolute atomic E-state index is 6.27. The topological polar surface area (TPSA) is 89.6 Å². The van der Waals surface area contributed by atoms with Crippen LogP contribution in [0.1, 0.15) is 31.2 Å². The zero-order valence-corrected chi connectivity index (χ0v) is 19.0. The Labute approximate surface area is 192 Å². The summed E-state index contributed by atoms with van der Waals surface area (Å²) in [4.78, 5) is 11.7. The lowest BCUT2D eigenvalue weighted by Gasteiger charge is -2.38. The molecule has 0 aromatic carbocycles. The number of fused-ring (bicyclic) bond motifs is 3. The molecule has 6 heterocycles. The monoisotopic (exact) mass is 440 g/mol. The number of rotatable bonds is 4. The maximum Gasteiger partial charge on any atom is 0.129 e. The molecule has 8 nitrogen and oxygen atoms in total. The summed E-state index contributed by atoms with van der Waals surface area (Å²) in [7, 11) is 3.71. The summed E-state index contributed by atoms with van der Waals surface area (Å²) in [6.45, 7) is 0. The Morgan fingerprint density at radius 2 is 1.82 bits per heavy atom. The number of anilines is 1. The van der Waals surface area contributed by atoms with Gasteiger partial charge in [0.15, 0.2) is 0 Å². The molecule has 8 heteroatoms. The average molecular weight is 441 g/mol. The summed E-state index contributed by atoms with van der Waals surface area (Å²) in [6.07, 6.45) is 16.2. The van der Waals surface area contributed by atoms with E-state index in [1.165, 1.54) is 12.8 Å². The highest BCUT2D eigenvalue weighted by Gasteiger charge is 2.40. The Balaban J connectivity index is 1.44. The van der Waals surface area contributed by atoms with Gasteiger partial charge in [0.25, 0.3) is 0 Å². The van der Waals surface area contributed by atoms with Crippen LogP contribution in [-0.2, 0) is 7.05 Å². The summed E-state index contributed by atoms with van der Waals surface area (Å²) >= 11 is 0. The summed E-state index contributed by atoms with van der Waals surface area (Å²) < 4.78 is 3.74. The highest BCUT2D eigenvalue weighted by molar-refractivity contribution is 5.97. The lowest BCUT2D eigenvalue weighted by molar-refractivity contribution is 0.412. The third-order valence-corrected chi connectivity index (χ3v) is 7.04. The number of pyridine rings is 2. The maximum atomic E-state index is 6.27. The minimum atomic E-state index is 0.321. The van der Waals surface area contributed by atoms with Crippen molar-refractivity contribution >= 4 is 17.5 Å². The molecule has 168 valence electrons. The molecule has 6 rings (SSSR count). The molecule has 2 fully saturated rings. The van der Waals surface area contributed by atoms with Gasteiger partial charge in [0.1, 0.15) is 5.82 Å². The number of aromatic nitrogens is 5. The molecular weight excluding hydrogens is 412 g/mol. The Hall–Kier alpha value is -3.52. The number of aryl methyl sites for hydroxylation is 1. The van der Waals surface area contributed by atoms with Gasteiger partial charge in [-0.05, 0) is 43.9 Å². The number of piperidine rings is 1. The van der Waals surface area contributed by atoms with Crippen LogP contribution < -0.4 is 10.6 Å². The van der Waals surface area contributed by atoms with Gasteiger partial charge in [-0.3, -0.25) is 9.67 Å². The fourth-order valence-corrected chi connectivity index (χ4v) is 5.62. The smallest absolute Gasteiger partial charge is 0.129 e. The van der Waals surface area contributed by atoms with E-state index < -0.39 is 0 Å². The van der Waals surface area contributed by atoms with E-state index in [1.54, 1.807) is 7.05 Å². The van der Waals surface area contributed by atoms with Crippen LogP contribution in [0.25, 0.3) is 27.8 Å². The van der Waals surface area contributed by atoms with Crippen molar-refractivity contribution in [2.24, 2.45) is 17.8 Å². The van der Waals surface area contributed by atoms with Crippen LogP contribution in [0.4, 0.5) is 5.82 Å². The fraction of sp³-hybridized carbons (Fsp3) is 0.360. The van der Waals surface area contributed by atoms with Gasteiger partial charge in [0.05, 0.1) is 17.9 Å². The molecule has 0 saturated carbocycles. The van der Waals surface area contributed by atoms with Crippen molar-refractivity contribution < 1.29 is 0 Å². The molecule has 1 unspecified atom stereocenters. The lowest BCUT2D eigenvalue weighted by atomic mass is 9.98. The van der Waals surface area contributed by atoms with Crippen LogP contribution in [0.5, 0.6) is 0 Å². The summed E-state index contributed by atoms with van der Waals surface area (Å²) in [5.74, 6) is 1.06. The minimum Gasteiger partial charge on any atom is -0.351 e. The van der Waals surface area contributed by atoms with Gasteiger partial charge in [-0.1, -0.05) is 0 Å². The zero-order valence-electron chi connectivity index (χ0n) is 19.0. The average Bonchev–Trinajstić information content (AvgIpc) is 3.50. The summed E-state index contributed by atoms with van der Waals surface area (Å²) in [5, 5.41) is 8.94. The van der Waals surface area contributed by atoms with Gasteiger partial charge < -0.3 is 10.6 Å². The molecule has 2 N–H and O–H groups in total. The van der Waals surface area contributed by atoms with Crippen LogP contribution in [-0.4, -0.2) is 55.8 Å². The van der Waals surface area contributed by atoms with E-state index >= 15 is 0 Å². The van der Waals surface area contributed by atoms with Crippen molar-refractivity contribution in [1.82, 2.24) is 24.4 Å². The van der Waals surface area contributed by atoms with Crippen LogP contribution in [0.2, 0.25) is 0 Å². The Morgan fingerprint density at radius 3 is 2.48 bits per heavy atom. The molecule has 0 radical (unpaired) electrons. The second-order valence-corrected chi connectivity index (χ2v) is 9.25. The molecule has 2 aliphatic heterocycles. The first-order chi connectivity index (χ1) is 16.1. The van der Waals surface area contributed by atoms with Crippen molar-refractivity contribution in [3.8, 4) is 22.3 Å². The SMILES string of the molecule is C/N=C\c1cnn2cc(-c3cnn(C)c3)cc(-c3ccc(N4C5CC[C@@H]4C[C@@H](N)C5)nc3)c12. The first kappa shape index (κ1) is 20.1. The van der Waals surface area contributed by atoms with Gasteiger partial charge in [0, 0.05) is 84.8 Å². The standard InChI is InChI=1S/C25H28N8/c1-27-10-18-12-30-32-15-17(19-13-29-31(2)14-19)7-23(25(18)32)16-3-6-24(28-11-16)33-21-4-5-22(33)9-20(26)8-21/h3,6-7,10-15,20-22H,4-5,8-9,26H2,1-2H3/b27-10-/t20-,21-,22?/m1/s1. The number of hydrogen-bond acceptors (Lipinski definition) is 6. The van der Waals surface area contributed by atoms with Crippen molar-refractivity contribution in [3.05, 3.63) is 54.7 Å². The lowest BCUT2D eigenvalue weighted by Crippen LogP contribution is -2.47. The van der Waals surface area contributed by atoms with Crippen LogP contribution in [0.3, 0.4) is 0 Å². The summed E-state index contributed by atoms with van der Waals surface area (Å²) in [6, 6.07) is 7.89. The van der Waals surface area contributed by atoms with E-state index in [1.807, 2.05) is 53.4 Å². The van der Waals surface area contributed by atoms with Crippen LogP contribution in [0.15, 0.2) is 54.2 Å². The van der Waals surface area contributed by atoms with E-state index in [2.05, 4.69) is 38.3 Å². The first-order valence-electron chi connectivity index (χ1n) is 11.5. The van der Waals surface area contributed by atoms with E-state index in [-0.39, 0.29) is 0 Å². The number of aliphatic imine (C=N–C) groups is 1. The third-order valence-electron chi connectivity index (χ3n) is 7.04. The highest BCUT2D eigenvalue weighted by atomic mass is 15.3. The quantitative estimate of drug-likeness (QED) is 0.492. The second-order valence-electron chi connectivity index (χ2n) is 9.25. The Bertz CT molecular complexity index is 1320. The fourth-order valence-electron chi connectivity index (χ4n) is 5.62. The van der Waals surface area contributed by atoms with Crippen molar-refractivity contribution in [3.63, 3.8) is 0 Å². The van der Waals surface area contributed by atoms with Gasteiger partial charge in [-0.25, -0.2) is 9.50 Å². The van der Waals surface area contributed by atoms with Gasteiger partial charge in [-0.2, -0.15) is 10.2 Å². The molecule has 2 aliphatic rings. The van der Waals surface area contributed by atoms with E-state index in [0.717, 1.165) is 52.0 Å². The van der Waals surface area contributed by atoms with E-state index in [0.29, 0.717) is 18.1 Å². The predicted octanol–water partition coefficient (Wildman–Crippen LogP) is 3.30.